The normalized spacial score (nSPS) is 26.6. The van der Waals surface area contributed by atoms with Crippen LogP contribution in [0, 0.1) is 5.92 Å². The Labute approximate surface area is 157 Å². The van der Waals surface area contributed by atoms with Gasteiger partial charge in [0.15, 0.2) is 6.23 Å². The molecule has 0 spiro atoms. The topological polar surface area (TPSA) is 72.1 Å². The molecule has 1 aromatic heterocycles. The maximum Gasteiger partial charge on any atom is 0.312 e. The number of methoxy groups -OCH3 is 1. The quantitative estimate of drug-likeness (QED) is 0.868. The largest absolute Gasteiger partial charge is 0.467 e. The Balaban J connectivity index is 1.53. The number of amidine groups is 1. The van der Waals surface area contributed by atoms with Gasteiger partial charge in [-0.15, -0.1) is 5.10 Å². The molecule has 1 unspecified atom stereocenters. The average molecular weight is 384 g/mol. The standard InChI is InChI=1S/C18H26F2N4O3/c1-26-17-22-24-14(10-21-15(24)13-4-8-27-9-5-13)16(25)23(17)11-12-2-6-18(19,20)7-3-12/h10,12-13,16,25H,2-9,11H2,1H3. The zero-order valence-corrected chi connectivity index (χ0v) is 15.5. The first-order valence-electron chi connectivity index (χ1n) is 9.59. The summed E-state index contributed by atoms with van der Waals surface area (Å²) in [7, 11) is 1.50. The third kappa shape index (κ3) is 3.67. The van der Waals surface area contributed by atoms with E-state index >= 15 is 0 Å². The summed E-state index contributed by atoms with van der Waals surface area (Å²) in [6.07, 6.45) is 3.07. The van der Waals surface area contributed by atoms with Crippen molar-refractivity contribution in [2.24, 2.45) is 11.0 Å². The van der Waals surface area contributed by atoms with E-state index in [2.05, 4.69) is 10.1 Å². The minimum atomic E-state index is -2.56. The Hall–Kier alpha value is -1.74. The van der Waals surface area contributed by atoms with Crippen molar-refractivity contribution in [3.05, 3.63) is 17.7 Å². The van der Waals surface area contributed by atoms with Gasteiger partial charge < -0.3 is 14.6 Å². The van der Waals surface area contributed by atoms with Crippen LogP contribution in [0.3, 0.4) is 0 Å². The number of aliphatic hydroxyl groups is 1. The van der Waals surface area contributed by atoms with Crippen LogP contribution < -0.4 is 0 Å². The van der Waals surface area contributed by atoms with Gasteiger partial charge in [0.2, 0.25) is 5.92 Å². The molecule has 150 valence electrons. The van der Waals surface area contributed by atoms with Gasteiger partial charge in [-0.2, -0.15) is 0 Å². The van der Waals surface area contributed by atoms with E-state index in [1.54, 1.807) is 15.8 Å². The predicted molar refractivity (Wildman–Crippen MR) is 93.4 cm³/mol. The highest BCUT2D eigenvalue weighted by atomic mass is 19.3. The second kappa shape index (κ2) is 7.35. The Morgan fingerprint density at radius 2 is 1.96 bits per heavy atom. The lowest BCUT2D eigenvalue weighted by Crippen LogP contribution is -2.44. The molecule has 9 heteroatoms. The lowest BCUT2D eigenvalue weighted by atomic mass is 9.86. The second-order valence-corrected chi connectivity index (χ2v) is 7.65. The lowest BCUT2D eigenvalue weighted by molar-refractivity contribution is -0.0550. The van der Waals surface area contributed by atoms with Gasteiger partial charge in [-0.1, -0.05) is 0 Å². The van der Waals surface area contributed by atoms with Gasteiger partial charge in [-0.05, 0) is 31.6 Å². The van der Waals surface area contributed by atoms with Crippen LogP contribution in [0.25, 0.3) is 0 Å². The van der Waals surface area contributed by atoms with E-state index in [0.717, 1.165) is 18.7 Å². The molecular weight excluding hydrogens is 358 g/mol. The van der Waals surface area contributed by atoms with Crippen LogP contribution in [0.1, 0.15) is 62.2 Å². The van der Waals surface area contributed by atoms with Crippen molar-refractivity contribution in [2.45, 2.75) is 56.6 Å². The van der Waals surface area contributed by atoms with Gasteiger partial charge in [0.1, 0.15) is 11.5 Å². The molecule has 4 rings (SSSR count). The molecule has 1 saturated carbocycles. The Bertz CT molecular complexity index is 693. The number of halogens is 2. The number of imidazole rings is 1. The fraction of sp³-hybridized carbons (Fsp3) is 0.778. The molecule has 2 aliphatic heterocycles. The number of aliphatic hydroxyl groups excluding tert-OH is 1. The third-order valence-electron chi connectivity index (χ3n) is 5.84. The van der Waals surface area contributed by atoms with Gasteiger partial charge in [-0.3, -0.25) is 4.90 Å². The first-order chi connectivity index (χ1) is 13.0. The van der Waals surface area contributed by atoms with E-state index in [9.17, 15) is 13.9 Å². The molecule has 1 atom stereocenters. The van der Waals surface area contributed by atoms with Crippen molar-refractivity contribution < 1.29 is 23.4 Å². The molecule has 3 heterocycles. The number of hydrogen-bond acceptors (Lipinski definition) is 6. The zero-order valence-electron chi connectivity index (χ0n) is 15.5. The van der Waals surface area contributed by atoms with Crippen molar-refractivity contribution >= 4 is 6.02 Å². The maximum atomic E-state index is 13.4. The van der Waals surface area contributed by atoms with E-state index in [4.69, 9.17) is 9.47 Å². The molecular formula is C18H26F2N4O3. The van der Waals surface area contributed by atoms with E-state index in [-0.39, 0.29) is 24.7 Å². The van der Waals surface area contributed by atoms with Gasteiger partial charge in [0, 0.05) is 38.5 Å². The van der Waals surface area contributed by atoms with Crippen molar-refractivity contribution in [1.82, 2.24) is 14.6 Å². The van der Waals surface area contributed by atoms with Crippen LogP contribution in [0.15, 0.2) is 11.3 Å². The molecule has 7 nitrogen and oxygen atoms in total. The lowest BCUT2D eigenvalue weighted by Gasteiger charge is -2.37. The second-order valence-electron chi connectivity index (χ2n) is 7.65. The summed E-state index contributed by atoms with van der Waals surface area (Å²) >= 11 is 0. The van der Waals surface area contributed by atoms with Gasteiger partial charge in [0.05, 0.1) is 13.3 Å². The van der Waals surface area contributed by atoms with Crippen molar-refractivity contribution in [2.75, 3.05) is 26.9 Å². The summed E-state index contributed by atoms with van der Waals surface area (Å²) in [6.45, 7) is 1.81. The Morgan fingerprint density at radius 3 is 2.63 bits per heavy atom. The number of ether oxygens (including phenoxy) is 2. The monoisotopic (exact) mass is 384 g/mol. The number of fused-ring (bicyclic) bond motifs is 1. The molecule has 0 bridgehead atoms. The summed E-state index contributed by atoms with van der Waals surface area (Å²) in [5.74, 6) is -1.46. The molecule has 1 aromatic rings. The first-order valence-corrected chi connectivity index (χ1v) is 9.59. The molecule has 0 amide bonds. The molecule has 0 radical (unpaired) electrons. The van der Waals surface area contributed by atoms with Crippen LogP contribution in [0.2, 0.25) is 0 Å². The Kier molecular flexibility index (Phi) is 5.07. The molecule has 2 fully saturated rings. The zero-order chi connectivity index (χ0) is 19.0. The summed E-state index contributed by atoms with van der Waals surface area (Å²) < 4.78 is 39.3. The number of hydrogen-bond donors (Lipinski definition) is 1. The van der Waals surface area contributed by atoms with Crippen LogP contribution in [0.5, 0.6) is 0 Å². The molecule has 1 N–H and O–H groups in total. The number of aromatic nitrogens is 2. The van der Waals surface area contributed by atoms with Crippen molar-refractivity contribution in [3.8, 4) is 0 Å². The third-order valence-corrected chi connectivity index (χ3v) is 5.84. The van der Waals surface area contributed by atoms with Gasteiger partial charge in [-0.25, -0.2) is 18.4 Å². The highest BCUT2D eigenvalue weighted by Gasteiger charge is 2.39. The summed E-state index contributed by atoms with van der Waals surface area (Å²) in [5.41, 5.74) is 0.582. The number of rotatable bonds is 3. The molecule has 27 heavy (non-hydrogen) atoms. The van der Waals surface area contributed by atoms with E-state index in [1.807, 2.05) is 0 Å². The van der Waals surface area contributed by atoms with Crippen LogP contribution in [-0.4, -0.2) is 58.5 Å². The minimum absolute atomic E-state index is 0.0732. The molecule has 1 saturated heterocycles. The highest BCUT2D eigenvalue weighted by Crippen LogP contribution is 2.38. The molecule has 1 aliphatic carbocycles. The van der Waals surface area contributed by atoms with E-state index in [0.29, 0.717) is 44.3 Å². The maximum absolute atomic E-state index is 13.4. The fourth-order valence-corrected chi connectivity index (χ4v) is 4.20. The average Bonchev–Trinajstić information content (AvgIpc) is 3.10. The highest BCUT2D eigenvalue weighted by molar-refractivity contribution is 5.75. The SMILES string of the molecule is COC1=Nn2c(cnc2C2CCOCC2)C(O)N1CC1CCC(F)(F)CC1. The first kappa shape index (κ1) is 18.6. The van der Waals surface area contributed by atoms with Crippen LogP contribution in [0.4, 0.5) is 8.78 Å². The number of alkyl halides is 2. The van der Waals surface area contributed by atoms with E-state index < -0.39 is 12.2 Å². The van der Waals surface area contributed by atoms with Crippen molar-refractivity contribution in [3.63, 3.8) is 0 Å². The summed E-state index contributed by atoms with van der Waals surface area (Å²) in [6, 6.07) is 0.290. The summed E-state index contributed by atoms with van der Waals surface area (Å²) in [4.78, 5) is 6.15. The fourth-order valence-electron chi connectivity index (χ4n) is 4.20. The molecule has 3 aliphatic rings. The van der Waals surface area contributed by atoms with Crippen LogP contribution in [-0.2, 0) is 9.47 Å². The van der Waals surface area contributed by atoms with Gasteiger partial charge >= 0.3 is 6.02 Å². The van der Waals surface area contributed by atoms with E-state index in [1.165, 1.54) is 7.11 Å². The Morgan fingerprint density at radius 1 is 1.26 bits per heavy atom. The molecule has 0 aromatic carbocycles. The smallest absolute Gasteiger partial charge is 0.312 e. The minimum Gasteiger partial charge on any atom is -0.467 e. The number of nitrogens with zero attached hydrogens (tertiary/aromatic N) is 4. The van der Waals surface area contributed by atoms with Crippen LogP contribution >= 0.6 is 0 Å². The summed E-state index contributed by atoms with van der Waals surface area (Å²) in [5, 5.41) is 15.4. The van der Waals surface area contributed by atoms with Gasteiger partial charge in [0.25, 0.3) is 0 Å². The van der Waals surface area contributed by atoms with Crippen molar-refractivity contribution in [1.29, 1.82) is 0 Å². The predicted octanol–water partition coefficient (Wildman–Crippen LogP) is 2.67.